The minimum Gasteiger partial charge on any atom is -0.384 e. The van der Waals surface area contributed by atoms with Crippen LogP contribution < -0.4 is 0 Å². The standard InChI is InChI=1S/C11H16BrNO2/c1-11(2,3)15-7-10(14)9-5-4-8(12)6-13-9/h4-6,10,14H,7H2,1-3H3. The molecule has 0 aromatic carbocycles. The molecule has 0 aliphatic rings. The quantitative estimate of drug-likeness (QED) is 0.921. The lowest BCUT2D eigenvalue weighted by Crippen LogP contribution is -2.23. The highest BCUT2D eigenvalue weighted by Crippen LogP contribution is 2.16. The van der Waals surface area contributed by atoms with Crippen LogP contribution in [-0.4, -0.2) is 22.3 Å². The topological polar surface area (TPSA) is 42.4 Å². The molecule has 4 heteroatoms. The van der Waals surface area contributed by atoms with Gasteiger partial charge in [-0.1, -0.05) is 0 Å². The molecule has 1 heterocycles. The molecule has 1 unspecified atom stereocenters. The van der Waals surface area contributed by atoms with E-state index in [1.165, 1.54) is 0 Å². The third-order valence-corrected chi connectivity index (χ3v) is 2.23. The Kier molecular flexibility index (Phi) is 4.25. The fourth-order valence-electron chi connectivity index (χ4n) is 0.999. The smallest absolute Gasteiger partial charge is 0.119 e. The fourth-order valence-corrected chi connectivity index (χ4v) is 1.23. The molecule has 0 bridgehead atoms. The van der Waals surface area contributed by atoms with Gasteiger partial charge in [-0.2, -0.15) is 0 Å². The zero-order chi connectivity index (χ0) is 11.5. The largest absolute Gasteiger partial charge is 0.384 e. The van der Waals surface area contributed by atoms with Crippen LogP contribution in [0.15, 0.2) is 22.8 Å². The van der Waals surface area contributed by atoms with Gasteiger partial charge in [-0.25, -0.2) is 0 Å². The number of aliphatic hydroxyl groups is 1. The Labute approximate surface area is 98.6 Å². The zero-order valence-electron chi connectivity index (χ0n) is 9.20. The van der Waals surface area contributed by atoms with Crippen LogP contribution in [-0.2, 0) is 4.74 Å². The summed E-state index contributed by atoms with van der Waals surface area (Å²) in [6, 6.07) is 3.63. The van der Waals surface area contributed by atoms with Crippen molar-refractivity contribution < 1.29 is 9.84 Å². The minimum absolute atomic E-state index is 0.240. The van der Waals surface area contributed by atoms with Crippen molar-refractivity contribution in [3.63, 3.8) is 0 Å². The van der Waals surface area contributed by atoms with E-state index in [-0.39, 0.29) is 12.2 Å². The Balaban J connectivity index is 2.54. The van der Waals surface area contributed by atoms with E-state index in [1.807, 2.05) is 26.8 Å². The Morgan fingerprint density at radius 1 is 1.47 bits per heavy atom. The van der Waals surface area contributed by atoms with Crippen molar-refractivity contribution in [2.24, 2.45) is 0 Å². The molecule has 0 saturated heterocycles. The van der Waals surface area contributed by atoms with E-state index in [2.05, 4.69) is 20.9 Å². The van der Waals surface area contributed by atoms with Gasteiger partial charge in [0.1, 0.15) is 6.10 Å². The summed E-state index contributed by atoms with van der Waals surface area (Å²) in [5.41, 5.74) is 0.388. The fraction of sp³-hybridized carbons (Fsp3) is 0.545. The van der Waals surface area contributed by atoms with Gasteiger partial charge < -0.3 is 9.84 Å². The van der Waals surface area contributed by atoms with E-state index < -0.39 is 6.10 Å². The first-order valence-electron chi connectivity index (χ1n) is 4.82. The molecular weight excluding hydrogens is 258 g/mol. The van der Waals surface area contributed by atoms with Crippen LogP contribution in [0.4, 0.5) is 0 Å². The number of aromatic nitrogens is 1. The van der Waals surface area contributed by atoms with Gasteiger partial charge in [-0.05, 0) is 48.8 Å². The predicted molar refractivity (Wildman–Crippen MR) is 62.6 cm³/mol. The Morgan fingerprint density at radius 3 is 2.60 bits per heavy atom. The SMILES string of the molecule is CC(C)(C)OCC(O)c1ccc(Br)cn1. The van der Waals surface area contributed by atoms with E-state index >= 15 is 0 Å². The van der Waals surface area contributed by atoms with E-state index in [9.17, 15) is 5.11 Å². The second-order valence-corrected chi connectivity index (χ2v) is 5.26. The van der Waals surface area contributed by atoms with Crippen LogP contribution in [0.5, 0.6) is 0 Å². The van der Waals surface area contributed by atoms with Gasteiger partial charge in [0.05, 0.1) is 17.9 Å². The summed E-state index contributed by atoms with van der Waals surface area (Å²) < 4.78 is 6.37. The van der Waals surface area contributed by atoms with Gasteiger partial charge in [0.15, 0.2) is 0 Å². The molecule has 0 radical (unpaired) electrons. The second kappa shape index (κ2) is 5.05. The number of halogens is 1. The average molecular weight is 274 g/mol. The van der Waals surface area contributed by atoms with Crippen LogP contribution in [0, 0.1) is 0 Å². The average Bonchev–Trinajstić information content (AvgIpc) is 2.14. The van der Waals surface area contributed by atoms with Crippen molar-refractivity contribution in [1.82, 2.24) is 4.98 Å². The van der Waals surface area contributed by atoms with Crippen LogP contribution in [0.25, 0.3) is 0 Å². The molecule has 0 aliphatic carbocycles. The normalized spacial score (nSPS) is 13.9. The lowest BCUT2D eigenvalue weighted by atomic mass is 10.2. The molecule has 3 nitrogen and oxygen atoms in total. The molecule has 0 spiro atoms. The van der Waals surface area contributed by atoms with E-state index in [0.29, 0.717) is 5.69 Å². The zero-order valence-corrected chi connectivity index (χ0v) is 10.8. The highest BCUT2D eigenvalue weighted by Gasteiger charge is 2.15. The highest BCUT2D eigenvalue weighted by atomic mass is 79.9. The molecule has 1 atom stereocenters. The molecule has 0 fully saturated rings. The summed E-state index contributed by atoms with van der Waals surface area (Å²) in [4.78, 5) is 4.10. The summed E-state index contributed by atoms with van der Waals surface area (Å²) >= 11 is 3.29. The molecule has 0 saturated carbocycles. The summed E-state index contributed by atoms with van der Waals surface area (Å²) in [5, 5.41) is 9.77. The molecule has 1 rings (SSSR count). The number of ether oxygens (including phenoxy) is 1. The molecular formula is C11H16BrNO2. The van der Waals surface area contributed by atoms with Crippen LogP contribution >= 0.6 is 15.9 Å². The first-order valence-corrected chi connectivity index (χ1v) is 5.61. The predicted octanol–water partition coefficient (Wildman–Crippen LogP) is 2.69. The molecule has 1 aromatic rings. The van der Waals surface area contributed by atoms with Crippen LogP contribution in [0.1, 0.15) is 32.6 Å². The van der Waals surface area contributed by atoms with E-state index in [1.54, 1.807) is 12.3 Å². The van der Waals surface area contributed by atoms with Crippen LogP contribution in [0.2, 0.25) is 0 Å². The van der Waals surface area contributed by atoms with Crippen molar-refractivity contribution in [3.05, 3.63) is 28.5 Å². The first-order chi connectivity index (χ1) is 6.88. The maximum absolute atomic E-state index is 9.77. The molecule has 1 N–H and O–H groups in total. The van der Waals surface area contributed by atoms with Gasteiger partial charge in [0.25, 0.3) is 0 Å². The third-order valence-electron chi connectivity index (χ3n) is 1.77. The van der Waals surface area contributed by atoms with Crippen molar-refractivity contribution in [2.75, 3.05) is 6.61 Å². The molecule has 0 aliphatic heterocycles. The van der Waals surface area contributed by atoms with Crippen LogP contribution in [0.3, 0.4) is 0 Å². The van der Waals surface area contributed by atoms with Gasteiger partial charge in [-0.15, -0.1) is 0 Å². The van der Waals surface area contributed by atoms with Gasteiger partial charge in [0, 0.05) is 10.7 Å². The van der Waals surface area contributed by atoms with Crippen molar-refractivity contribution in [1.29, 1.82) is 0 Å². The Hall–Kier alpha value is -0.450. The van der Waals surface area contributed by atoms with E-state index in [4.69, 9.17) is 4.74 Å². The van der Waals surface area contributed by atoms with Gasteiger partial charge in [0.2, 0.25) is 0 Å². The molecule has 15 heavy (non-hydrogen) atoms. The number of hydrogen-bond donors (Lipinski definition) is 1. The number of hydrogen-bond acceptors (Lipinski definition) is 3. The lowest BCUT2D eigenvalue weighted by molar-refractivity contribution is -0.0506. The third kappa shape index (κ3) is 4.73. The van der Waals surface area contributed by atoms with Gasteiger partial charge >= 0.3 is 0 Å². The monoisotopic (exact) mass is 273 g/mol. The number of pyridine rings is 1. The summed E-state index contributed by atoms with van der Waals surface area (Å²) in [5.74, 6) is 0. The van der Waals surface area contributed by atoms with Crippen molar-refractivity contribution >= 4 is 15.9 Å². The highest BCUT2D eigenvalue weighted by molar-refractivity contribution is 9.10. The maximum atomic E-state index is 9.77. The summed E-state index contributed by atoms with van der Waals surface area (Å²) in [6.45, 7) is 6.12. The summed E-state index contributed by atoms with van der Waals surface area (Å²) in [7, 11) is 0. The lowest BCUT2D eigenvalue weighted by Gasteiger charge is -2.21. The Bertz CT molecular complexity index is 305. The molecule has 84 valence electrons. The number of aliphatic hydroxyl groups excluding tert-OH is 1. The Morgan fingerprint density at radius 2 is 2.13 bits per heavy atom. The number of nitrogens with zero attached hydrogens (tertiary/aromatic N) is 1. The molecule has 0 amide bonds. The second-order valence-electron chi connectivity index (χ2n) is 4.34. The number of rotatable bonds is 3. The van der Waals surface area contributed by atoms with Crippen molar-refractivity contribution in [3.8, 4) is 0 Å². The maximum Gasteiger partial charge on any atom is 0.119 e. The van der Waals surface area contributed by atoms with E-state index in [0.717, 1.165) is 4.47 Å². The molecule has 1 aromatic heterocycles. The summed E-state index contributed by atoms with van der Waals surface area (Å²) in [6.07, 6.45) is 0.993. The minimum atomic E-state index is -0.669. The van der Waals surface area contributed by atoms with Gasteiger partial charge in [-0.3, -0.25) is 4.98 Å². The van der Waals surface area contributed by atoms with Crippen molar-refractivity contribution in [2.45, 2.75) is 32.5 Å². The first kappa shape index (κ1) is 12.6.